The van der Waals surface area contributed by atoms with Crippen LogP contribution < -0.4 is 0 Å². The van der Waals surface area contributed by atoms with Crippen molar-refractivity contribution in [2.24, 2.45) is 50.7 Å². The molecule has 0 aromatic heterocycles. The zero-order valence-corrected chi connectivity index (χ0v) is 27.7. The lowest BCUT2D eigenvalue weighted by atomic mass is 9.33. The second kappa shape index (κ2) is 9.81. The first kappa shape index (κ1) is 31.5. The van der Waals surface area contributed by atoms with Crippen molar-refractivity contribution in [3.8, 4) is 0 Å². The highest BCUT2D eigenvalue weighted by Gasteiger charge is 2.72. The third-order valence-corrected chi connectivity index (χ3v) is 14.9. The Labute approximate surface area is 252 Å². The van der Waals surface area contributed by atoms with Gasteiger partial charge in [0.15, 0.2) is 27.2 Å². The van der Waals surface area contributed by atoms with E-state index in [1.165, 1.54) is 0 Å². The van der Waals surface area contributed by atoms with E-state index in [2.05, 4.69) is 20.8 Å². The van der Waals surface area contributed by atoms with E-state index in [1.807, 2.05) is 27.7 Å². The van der Waals surface area contributed by atoms with Crippen molar-refractivity contribution in [2.75, 3.05) is 5.75 Å². The van der Waals surface area contributed by atoms with Crippen molar-refractivity contribution < 1.29 is 27.6 Å². The number of unbranched alkanes of at least 4 members (excludes halogenated alkanes) is 1. The van der Waals surface area contributed by atoms with Crippen molar-refractivity contribution in [1.82, 2.24) is 0 Å². The third kappa shape index (κ3) is 4.03. The summed E-state index contributed by atoms with van der Waals surface area (Å²) in [6, 6.07) is 0. The number of hydrogen-bond donors (Lipinski definition) is 0. The second-order valence-electron chi connectivity index (χ2n) is 15.8. The molecule has 5 rings (SSSR count). The van der Waals surface area contributed by atoms with Crippen LogP contribution in [0.25, 0.3) is 0 Å². The van der Waals surface area contributed by atoms with Crippen LogP contribution in [-0.4, -0.2) is 37.3 Å². The summed E-state index contributed by atoms with van der Waals surface area (Å²) >= 11 is 0. The van der Waals surface area contributed by atoms with Crippen LogP contribution in [0.4, 0.5) is 0 Å². The Kier molecular flexibility index (Phi) is 7.36. The Morgan fingerprint density at radius 3 is 2.26 bits per heavy atom. The molecule has 232 valence electrons. The maximum absolute atomic E-state index is 14.6. The van der Waals surface area contributed by atoms with Crippen LogP contribution in [0.2, 0.25) is 0 Å². The monoisotopic (exact) mass is 598 g/mol. The van der Waals surface area contributed by atoms with Crippen molar-refractivity contribution in [3.05, 3.63) is 22.6 Å². The fraction of sp³-hybridized carbons (Fsp3) is 0.771. The molecule has 8 atom stereocenters. The van der Waals surface area contributed by atoms with Crippen molar-refractivity contribution in [1.29, 1.82) is 0 Å². The van der Waals surface area contributed by atoms with Crippen molar-refractivity contribution in [3.63, 3.8) is 0 Å². The zero-order chi connectivity index (χ0) is 31.3. The highest BCUT2D eigenvalue weighted by Crippen LogP contribution is 2.74. The van der Waals surface area contributed by atoms with E-state index < -0.39 is 48.5 Å². The molecular formula is C35H50O6S. The summed E-state index contributed by atoms with van der Waals surface area (Å²) in [5.74, 6) is -1.000. The molecular weight excluding hydrogens is 548 g/mol. The fourth-order valence-corrected chi connectivity index (χ4v) is 12.1. The topological polar surface area (TPSA) is 102 Å². The van der Waals surface area contributed by atoms with E-state index in [9.17, 15) is 27.6 Å². The van der Waals surface area contributed by atoms with Crippen LogP contribution in [-0.2, 0) is 29.0 Å². The molecule has 0 aromatic rings. The van der Waals surface area contributed by atoms with Crippen LogP contribution in [0.5, 0.6) is 0 Å². The maximum atomic E-state index is 14.6. The lowest BCUT2D eigenvalue weighted by molar-refractivity contribution is -0.175. The number of sulfone groups is 1. The number of ketones is 4. The van der Waals surface area contributed by atoms with Crippen molar-refractivity contribution in [2.45, 2.75) is 113 Å². The van der Waals surface area contributed by atoms with Crippen LogP contribution in [0, 0.1) is 50.7 Å². The van der Waals surface area contributed by atoms with Gasteiger partial charge in [-0.3, -0.25) is 19.2 Å². The molecule has 0 aromatic carbocycles. The molecule has 4 saturated carbocycles. The minimum absolute atomic E-state index is 0.000113. The van der Waals surface area contributed by atoms with Gasteiger partial charge >= 0.3 is 0 Å². The Balaban J connectivity index is 1.68. The van der Waals surface area contributed by atoms with Gasteiger partial charge in [-0.25, -0.2) is 8.42 Å². The first-order valence-electron chi connectivity index (χ1n) is 16.1. The second-order valence-corrected chi connectivity index (χ2v) is 17.8. The molecule has 42 heavy (non-hydrogen) atoms. The number of allylic oxidation sites excluding steroid dienone is 3. The molecule has 4 fully saturated rings. The Hall–Kier alpha value is -1.89. The van der Waals surface area contributed by atoms with Gasteiger partial charge in [0.2, 0.25) is 0 Å². The summed E-state index contributed by atoms with van der Waals surface area (Å²) < 4.78 is 26.1. The van der Waals surface area contributed by atoms with Gasteiger partial charge < -0.3 is 0 Å². The number of fused-ring (bicyclic) bond motifs is 7. The van der Waals surface area contributed by atoms with E-state index in [4.69, 9.17) is 0 Å². The van der Waals surface area contributed by atoms with E-state index in [0.717, 1.165) is 49.5 Å². The predicted octanol–water partition coefficient (Wildman–Crippen LogP) is 6.62. The molecule has 5 aliphatic carbocycles. The van der Waals surface area contributed by atoms with Crippen LogP contribution in [0.15, 0.2) is 22.6 Å². The first-order chi connectivity index (χ1) is 19.3. The Morgan fingerprint density at radius 1 is 0.976 bits per heavy atom. The van der Waals surface area contributed by atoms with Crippen LogP contribution in [0.1, 0.15) is 113 Å². The van der Waals surface area contributed by atoms with Gasteiger partial charge in [0.05, 0.1) is 16.7 Å². The summed E-state index contributed by atoms with van der Waals surface area (Å²) in [5, 5.41) is 0.948. The van der Waals surface area contributed by atoms with Crippen molar-refractivity contribution >= 4 is 33.0 Å². The summed E-state index contributed by atoms with van der Waals surface area (Å²) in [5.41, 5.74) is -3.02. The standard InChI is InChI=1S/C35H50O6S/c1-9-10-17-42(40,41)20-23-29(38)31(4,5)26-12-13-32(6)27(34(26,8)30(23)39)19-25(37)28-24-18-21(2)11-14-35(24,22(3)36)16-15-33(28,32)7/h19-21,24,26,28H,9-18H2,1-8H3/b23-20-/t21?,24?,26?,28?,32?,33-,34?,35?/m1/s1. The quantitative estimate of drug-likeness (QED) is 0.260. The van der Waals surface area contributed by atoms with Gasteiger partial charge in [0.25, 0.3) is 0 Å². The molecule has 0 heterocycles. The van der Waals surface area contributed by atoms with Gasteiger partial charge in [-0.15, -0.1) is 0 Å². The SMILES string of the molecule is CCCCS(=O)(=O)/C=C1/C(=O)C(C)(C)C2CCC3(C)C(=CC(=O)C4C5CC(C)CCC5(C(C)=O)CC[C@]43C)C2(C)C1=O. The van der Waals surface area contributed by atoms with E-state index in [-0.39, 0.29) is 40.6 Å². The number of carbonyl (C=O) groups excluding carboxylic acids is 4. The molecule has 7 heteroatoms. The molecule has 7 unspecified atom stereocenters. The molecule has 0 spiro atoms. The number of Topliss-reactive ketones (excluding diaryl/α,β-unsaturated/α-hetero) is 3. The molecule has 0 amide bonds. The highest BCUT2D eigenvalue weighted by molar-refractivity contribution is 7.94. The summed E-state index contributed by atoms with van der Waals surface area (Å²) in [6.07, 6.45) is 8.41. The number of carbonyl (C=O) groups is 4. The number of rotatable bonds is 5. The van der Waals surface area contributed by atoms with Gasteiger partial charge in [-0.1, -0.05) is 48.0 Å². The molecule has 0 aliphatic heterocycles. The smallest absolute Gasteiger partial charge is 0.177 e. The van der Waals surface area contributed by atoms with E-state index in [0.29, 0.717) is 25.2 Å². The molecule has 6 nitrogen and oxygen atoms in total. The highest BCUT2D eigenvalue weighted by atomic mass is 32.2. The summed E-state index contributed by atoms with van der Waals surface area (Å²) in [4.78, 5) is 56.1. The average molecular weight is 599 g/mol. The lowest BCUT2D eigenvalue weighted by Crippen LogP contribution is -2.67. The van der Waals surface area contributed by atoms with Crippen LogP contribution >= 0.6 is 0 Å². The average Bonchev–Trinajstić information content (AvgIpc) is 2.90. The maximum Gasteiger partial charge on any atom is 0.177 e. The van der Waals surface area contributed by atoms with Gasteiger partial charge in [-0.2, -0.15) is 0 Å². The minimum atomic E-state index is -3.77. The van der Waals surface area contributed by atoms with Gasteiger partial charge in [0.1, 0.15) is 5.78 Å². The normalized spacial score (nSPS) is 44.0. The summed E-state index contributed by atoms with van der Waals surface area (Å²) in [6.45, 7) is 15.8. The molecule has 0 bridgehead atoms. The Bertz CT molecular complexity index is 1420. The predicted molar refractivity (Wildman–Crippen MR) is 163 cm³/mol. The first-order valence-corrected chi connectivity index (χ1v) is 17.9. The van der Waals surface area contributed by atoms with Crippen LogP contribution in [0.3, 0.4) is 0 Å². The number of hydrogen-bond acceptors (Lipinski definition) is 6. The fourth-order valence-electron chi connectivity index (χ4n) is 10.8. The largest absolute Gasteiger partial charge is 0.299 e. The Morgan fingerprint density at radius 2 is 1.64 bits per heavy atom. The summed E-state index contributed by atoms with van der Waals surface area (Å²) in [7, 11) is -3.77. The van der Waals surface area contributed by atoms with Gasteiger partial charge in [-0.05, 0) is 105 Å². The molecule has 0 N–H and O–H groups in total. The lowest BCUT2D eigenvalue weighted by Gasteiger charge is -2.68. The van der Waals surface area contributed by atoms with Gasteiger partial charge in [0, 0.05) is 22.2 Å². The molecule has 0 saturated heterocycles. The van der Waals surface area contributed by atoms with E-state index in [1.54, 1.807) is 13.0 Å². The zero-order valence-electron chi connectivity index (χ0n) is 26.9. The molecule has 5 aliphatic rings. The minimum Gasteiger partial charge on any atom is -0.299 e. The third-order valence-electron chi connectivity index (χ3n) is 13.5. The molecule has 0 radical (unpaired) electrons. The van der Waals surface area contributed by atoms with E-state index >= 15 is 0 Å².